The third-order valence-electron chi connectivity index (χ3n) is 6.46. The number of amides is 2. The van der Waals surface area contributed by atoms with Gasteiger partial charge in [-0.05, 0) is 25.0 Å². The monoisotopic (exact) mass is 426 g/mol. The standard InChI is InChI=1S/C24H34N4O3/c25-14-7-15-28(21-8-3-1-4-9-21)23(30)11-10-22(29)26-20-24(12-5-2-6-13-24)27-16-18-31-19-17-27/h1,3-4,8-9H,2,5-7,10-13,15-20H2,(H,26,29). The summed E-state index contributed by atoms with van der Waals surface area (Å²) in [6, 6.07) is 11.4. The van der Waals surface area contributed by atoms with E-state index < -0.39 is 0 Å². The van der Waals surface area contributed by atoms with Crippen molar-refractivity contribution < 1.29 is 14.3 Å². The smallest absolute Gasteiger partial charge is 0.227 e. The fourth-order valence-electron chi connectivity index (χ4n) is 4.73. The fraction of sp³-hybridized carbons (Fsp3) is 0.625. The normalized spacial score (nSPS) is 18.7. The minimum absolute atomic E-state index is 0.0184. The summed E-state index contributed by atoms with van der Waals surface area (Å²) < 4.78 is 5.52. The molecule has 0 spiro atoms. The van der Waals surface area contributed by atoms with Gasteiger partial charge in [-0.1, -0.05) is 37.5 Å². The third-order valence-corrected chi connectivity index (χ3v) is 6.46. The van der Waals surface area contributed by atoms with Gasteiger partial charge in [0.15, 0.2) is 0 Å². The predicted molar refractivity (Wildman–Crippen MR) is 119 cm³/mol. The summed E-state index contributed by atoms with van der Waals surface area (Å²) in [6.45, 7) is 4.31. The Labute approximate surface area is 185 Å². The lowest BCUT2D eigenvalue weighted by atomic mass is 9.79. The van der Waals surface area contributed by atoms with Crippen molar-refractivity contribution >= 4 is 17.5 Å². The van der Waals surface area contributed by atoms with Crippen molar-refractivity contribution in [2.75, 3.05) is 44.3 Å². The van der Waals surface area contributed by atoms with E-state index in [0.29, 0.717) is 13.1 Å². The number of carbonyl (C=O) groups is 2. The Morgan fingerprint density at radius 3 is 2.48 bits per heavy atom. The van der Waals surface area contributed by atoms with Crippen LogP contribution in [0.15, 0.2) is 30.3 Å². The first-order chi connectivity index (χ1) is 15.1. The zero-order valence-electron chi connectivity index (χ0n) is 18.4. The number of morpholine rings is 1. The van der Waals surface area contributed by atoms with Crippen molar-refractivity contribution in [3.63, 3.8) is 0 Å². The van der Waals surface area contributed by atoms with Crippen LogP contribution in [-0.2, 0) is 14.3 Å². The van der Waals surface area contributed by atoms with E-state index in [2.05, 4.69) is 16.3 Å². The Bertz CT molecular complexity index is 750. The molecule has 1 aromatic carbocycles. The van der Waals surface area contributed by atoms with Crippen LogP contribution in [0.2, 0.25) is 0 Å². The molecule has 7 nitrogen and oxygen atoms in total. The molecular formula is C24H34N4O3. The summed E-state index contributed by atoms with van der Waals surface area (Å²) >= 11 is 0. The lowest BCUT2D eigenvalue weighted by Gasteiger charge is -2.48. The molecule has 1 saturated carbocycles. The zero-order valence-corrected chi connectivity index (χ0v) is 18.4. The topological polar surface area (TPSA) is 85.7 Å². The zero-order chi connectivity index (χ0) is 21.9. The number of ether oxygens (including phenoxy) is 1. The number of rotatable bonds is 9. The highest BCUT2D eigenvalue weighted by molar-refractivity contribution is 5.95. The summed E-state index contributed by atoms with van der Waals surface area (Å²) in [4.78, 5) is 29.5. The Morgan fingerprint density at radius 1 is 1.10 bits per heavy atom. The number of hydrogen-bond donors (Lipinski definition) is 1. The number of hydrogen-bond acceptors (Lipinski definition) is 5. The van der Waals surface area contributed by atoms with Crippen molar-refractivity contribution in [3.05, 3.63) is 30.3 Å². The second-order valence-corrected chi connectivity index (χ2v) is 8.45. The molecule has 0 aromatic heterocycles. The second kappa shape index (κ2) is 11.8. The lowest BCUT2D eigenvalue weighted by molar-refractivity contribution is -0.126. The highest BCUT2D eigenvalue weighted by Crippen LogP contribution is 2.33. The summed E-state index contributed by atoms with van der Waals surface area (Å²) in [7, 11) is 0. The van der Waals surface area contributed by atoms with Gasteiger partial charge in [0.05, 0.1) is 25.7 Å². The molecule has 0 radical (unpaired) electrons. The number of nitrogens with zero attached hydrogens (tertiary/aromatic N) is 3. The Morgan fingerprint density at radius 2 is 1.81 bits per heavy atom. The van der Waals surface area contributed by atoms with E-state index >= 15 is 0 Å². The van der Waals surface area contributed by atoms with Crippen molar-refractivity contribution in [1.82, 2.24) is 10.2 Å². The molecule has 1 aromatic rings. The summed E-state index contributed by atoms with van der Waals surface area (Å²) in [5, 5.41) is 12.0. The summed E-state index contributed by atoms with van der Waals surface area (Å²) in [5.41, 5.74) is 0.779. The van der Waals surface area contributed by atoms with E-state index in [1.807, 2.05) is 30.3 Å². The molecule has 1 saturated heterocycles. The molecule has 168 valence electrons. The molecule has 1 aliphatic heterocycles. The van der Waals surface area contributed by atoms with E-state index in [4.69, 9.17) is 10.00 Å². The average Bonchev–Trinajstić information content (AvgIpc) is 2.83. The number of benzene rings is 1. The molecule has 2 fully saturated rings. The molecule has 1 heterocycles. The average molecular weight is 427 g/mol. The number of anilines is 1. The highest BCUT2D eigenvalue weighted by Gasteiger charge is 2.38. The first-order valence-corrected chi connectivity index (χ1v) is 11.5. The van der Waals surface area contributed by atoms with Crippen LogP contribution in [0.4, 0.5) is 5.69 Å². The van der Waals surface area contributed by atoms with Gasteiger partial charge in [0.25, 0.3) is 0 Å². The van der Waals surface area contributed by atoms with E-state index in [9.17, 15) is 9.59 Å². The van der Waals surface area contributed by atoms with E-state index in [-0.39, 0.29) is 36.6 Å². The van der Waals surface area contributed by atoms with Crippen molar-refractivity contribution in [1.29, 1.82) is 5.26 Å². The summed E-state index contributed by atoms with van der Waals surface area (Å²) in [6.07, 6.45) is 6.39. The van der Waals surface area contributed by atoms with Crippen molar-refractivity contribution in [3.8, 4) is 6.07 Å². The Kier molecular flexibility index (Phi) is 8.86. The molecule has 2 amide bonds. The Balaban J connectivity index is 1.53. The molecule has 7 heteroatoms. The van der Waals surface area contributed by atoms with Gasteiger partial charge in [-0.3, -0.25) is 14.5 Å². The van der Waals surface area contributed by atoms with E-state index in [1.54, 1.807) is 4.90 Å². The molecule has 3 rings (SSSR count). The van der Waals surface area contributed by atoms with Crippen molar-refractivity contribution in [2.24, 2.45) is 0 Å². The lowest BCUT2D eigenvalue weighted by Crippen LogP contribution is -2.59. The van der Waals surface area contributed by atoms with Crippen LogP contribution in [0.1, 0.15) is 51.4 Å². The van der Waals surface area contributed by atoms with Crippen LogP contribution < -0.4 is 10.2 Å². The van der Waals surface area contributed by atoms with E-state index in [1.165, 1.54) is 19.3 Å². The quantitative estimate of drug-likeness (QED) is 0.656. The maximum absolute atomic E-state index is 12.8. The molecule has 1 N–H and O–H groups in total. The van der Waals surface area contributed by atoms with Crippen LogP contribution >= 0.6 is 0 Å². The molecule has 2 aliphatic rings. The van der Waals surface area contributed by atoms with Crippen LogP contribution in [0, 0.1) is 11.3 Å². The predicted octanol–water partition coefficient (Wildman–Crippen LogP) is 2.86. The maximum Gasteiger partial charge on any atom is 0.227 e. The highest BCUT2D eigenvalue weighted by atomic mass is 16.5. The van der Waals surface area contributed by atoms with Crippen LogP contribution in [0.5, 0.6) is 0 Å². The number of para-hydroxylation sites is 1. The molecule has 1 aliphatic carbocycles. The van der Waals surface area contributed by atoms with Crippen LogP contribution in [-0.4, -0.2) is 61.6 Å². The van der Waals surface area contributed by atoms with Gasteiger partial charge in [0.1, 0.15) is 0 Å². The van der Waals surface area contributed by atoms with Crippen molar-refractivity contribution in [2.45, 2.75) is 56.9 Å². The van der Waals surface area contributed by atoms with Crippen LogP contribution in [0.3, 0.4) is 0 Å². The Hall–Kier alpha value is -2.43. The van der Waals surface area contributed by atoms with E-state index in [0.717, 1.165) is 44.8 Å². The van der Waals surface area contributed by atoms with Gasteiger partial charge in [-0.15, -0.1) is 0 Å². The number of carbonyl (C=O) groups excluding carboxylic acids is 2. The molecule has 31 heavy (non-hydrogen) atoms. The fourth-order valence-corrected chi connectivity index (χ4v) is 4.73. The van der Waals surface area contributed by atoms with Gasteiger partial charge < -0.3 is 15.0 Å². The number of nitriles is 1. The van der Waals surface area contributed by atoms with Gasteiger partial charge in [-0.25, -0.2) is 0 Å². The van der Waals surface area contributed by atoms with Gasteiger partial charge in [0.2, 0.25) is 11.8 Å². The maximum atomic E-state index is 12.8. The molecule has 0 atom stereocenters. The SMILES string of the molecule is N#CCCN(C(=O)CCC(=O)NCC1(N2CCOCC2)CCCCC1)c1ccccc1. The second-order valence-electron chi connectivity index (χ2n) is 8.45. The minimum atomic E-state index is -0.128. The minimum Gasteiger partial charge on any atom is -0.379 e. The molecule has 0 unspecified atom stereocenters. The summed E-state index contributed by atoms with van der Waals surface area (Å²) in [5.74, 6) is -0.211. The molecule has 0 bridgehead atoms. The first kappa shape index (κ1) is 23.2. The number of nitrogens with one attached hydrogen (secondary N) is 1. The first-order valence-electron chi connectivity index (χ1n) is 11.5. The molecular weight excluding hydrogens is 392 g/mol. The van der Waals surface area contributed by atoms with Crippen LogP contribution in [0.25, 0.3) is 0 Å². The third kappa shape index (κ3) is 6.52. The largest absolute Gasteiger partial charge is 0.379 e. The van der Waals surface area contributed by atoms with Gasteiger partial charge >= 0.3 is 0 Å². The van der Waals surface area contributed by atoms with Gasteiger partial charge in [-0.2, -0.15) is 5.26 Å². The van der Waals surface area contributed by atoms with Gasteiger partial charge in [0, 0.05) is 50.2 Å².